The van der Waals surface area contributed by atoms with Gasteiger partial charge in [0.05, 0.1) is 0 Å². The van der Waals surface area contributed by atoms with Crippen molar-refractivity contribution >= 4 is 17.9 Å². The first-order chi connectivity index (χ1) is 7.54. The fraction of sp³-hybridized carbons (Fsp3) is 0.500. The maximum Gasteiger partial charge on any atom is 0.125 e. The van der Waals surface area contributed by atoms with E-state index in [2.05, 4.69) is 6.07 Å². The Bertz CT molecular complexity index is 409. The van der Waals surface area contributed by atoms with Crippen molar-refractivity contribution in [2.24, 2.45) is 11.3 Å². The Kier molecular flexibility index (Phi) is 3.07. The summed E-state index contributed by atoms with van der Waals surface area (Å²) in [6.45, 7) is 4.04. The minimum absolute atomic E-state index is 0.239. The second-order valence-corrected chi connectivity index (χ2v) is 5.66. The van der Waals surface area contributed by atoms with Crippen molar-refractivity contribution in [3.63, 3.8) is 0 Å². The summed E-state index contributed by atoms with van der Waals surface area (Å²) in [6, 6.07) is 6.09. The van der Waals surface area contributed by atoms with E-state index in [1.807, 2.05) is 26.0 Å². The summed E-state index contributed by atoms with van der Waals surface area (Å²) in [4.78, 5) is 11.1. The van der Waals surface area contributed by atoms with Crippen LogP contribution in [0.4, 0.5) is 0 Å². The molecule has 1 aliphatic carbocycles. The molecule has 0 aliphatic heterocycles. The third-order valence-electron chi connectivity index (χ3n) is 3.78. The first kappa shape index (κ1) is 11.7. The number of fused-ring (bicyclic) bond motifs is 1. The predicted octanol–water partition coefficient (Wildman–Crippen LogP) is 3.67. The Morgan fingerprint density at radius 1 is 1.44 bits per heavy atom. The molecule has 1 nitrogen and oxygen atoms in total. The van der Waals surface area contributed by atoms with Gasteiger partial charge < -0.3 is 4.79 Å². The summed E-state index contributed by atoms with van der Waals surface area (Å²) >= 11 is 6.21. The second-order valence-electron chi connectivity index (χ2n) is 5.26. The van der Waals surface area contributed by atoms with Crippen LogP contribution < -0.4 is 0 Å². The molecule has 0 radical (unpaired) electrons. The van der Waals surface area contributed by atoms with Gasteiger partial charge in [-0.1, -0.05) is 37.6 Å². The van der Waals surface area contributed by atoms with Crippen molar-refractivity contribution in [2.75, 3.05) is 0 Å². The lowest BCUT2D eigenvalue weighted by molar-refractivity contribution is -0.117. The minimum atomic E-state index is -0.239. The van der Waals surface area contributed by atoms with Crippen molar-refractivity contribution < 1.29 is 4.79 Å². The van der Waals surface area contributed by atoms with Gasteiger partial charge in [0.1, 0.15) is 6.29 Å². The van der Waals surface area contributed by atoms with Gasteiger partial charge in [0.15, 0.2) is 0 Å². The summed E-state index contributed by atoms with van der Waals surface area (Å²) in [5.74, 6) is 0.414. The molecule has 0 spiro atoms. The van der Waals surface area contributed by atoms with Crippen LogP contribution in [0.1, 0.15) is 31.4 Å². The molecule has 0 saturated carbocycles. The number of aldehydes is 1. The summed E-state index contributed by atoms with van der Waals surface area (Å²) in [6.07, 6.45) is 4.14. The molecule has 0 aromatic heterocycles. The number of hydrogen-bond donors (Lipinski definition) is 0. The summed E-state index contributed by atoms with van der Waals surface area (Å²) in [5, 5.41) is 0.851. The van der Waals surface area contributed by atoms with Gasteiger partial charge in [-0.05, 0) is 42.4 Å². The standard InChI is InChI=1S/C14H17ClO/c1-14(2,9-16)11-7-6-10-4-3-5-13(15)12(10)8-11/h3-5,9,11H,6-8H2,1-2H3. The monoisotopic (exact) mass is 236 g/mol. The fourth-order valence-corrected chi connectivity index (χ4v) is 2.75. The first-order valence-electron chi connectivity index (χ1n) is 5.77. The van der Waals surface area contributed by atoms with Crippen molar-refractivity contribution in [3.05, 3.63) is 34.3 Å². The van der Waals surface area contributed by atoms with E-state index in [0.29, 0.717) is 5.92 Å². The third-order valence-corrected chi connectivity index (χ3v) is 4.14. The van der Waals surface area contributed by atoms with Gasteiger partial charge in [-0.25, -0.2) is 0 Å². The van der Waals surface area contributed by atoms with E-state index < -0.39 is 0 Å². The van der Waals surface area contributed by atoms with Crippen LogP contribution in [0, 0.1) is 11.3 Å². The van der Waals surface area contributed by atoms with Crippen LogP contribution in [0.3, 0.4) is 0 Å². The molecule has 16 heavy (non-hydrogen) atoms. The summed E-state index contributed by atoms with van der Waals surface area (Å²) < 4.78 is 0. The van der Waals surface area contributed by atoms with Crippen molar-refractivity contribution in [1.82, 2.24) is 0 Å². The molecular formula is C14H17ClO. The number of halogens is 1. The maximum atomic E-state index is 11.1. The molecule has 2 heteroatoms. The Morgan fingerprint density at radius 3 is 2.88 bits per heavy atom. The molecule has 0 bridgehead atoms. The molecule has 0 saturated heterocycles. The van der Waals surface area contributed by atoms with Crippen LogP contribution in [0.25, 0.3) is 0 Å². The average molecular weight is 237 g/mol. The molecule has 1 unspecified atom stereocenters. The van der Waals surface area contributed by atoms with Gasteiger partial charge in [0, 0.05) is 10.4 Å². The lowest BCUT2D eigenvalue weighted by Crippen LogP contribution is -2.30. The molecule has 0 heterocycles. The highest BCUT2D eigenvalue weighted by molar-refractivity contribution is 6.31. The highest BCUT2D eigenvalue weighted by atomic mass is 35.5. The van der Waals surface area contributed by atoms with Crippen LogP contribution in [0.5, 0.6) is 0 Å². The molecule has 2 rings (SSSR count). The Morgan fingerprint density at radius 2 is 2.19 bits per heavy atom. The molecule has 1 aromatic rings. The van der Waals surface area contributed by atoms with Crippen LogP contribution in [-0.2, 0) is 17.6 Å². The topological polar surface area (TPSA) is 17.1 Å². The highest BCUT2D eigenvalue weighted by Gasteiger charge is 2.32. The summed E-state index contributed by atoms with van der Waals surface area (Å²) in [5.41, 5.74) is 2.36. The Balaban J connectivity index is 2.30. The molecule has 0 amide bonds. The smallest absolute Gasteiger partial charge is 0.125 e. The van der Waals surface area contributed by atoms with E-state index >= 15 is 0 Å². The van der Waals surface area contributed by atoms with Gasteiger partial charge >= 0.3 is 0 Å². The van der Waals surface area contributed by atoms with Crippen molar-refractivity contribution in [3.8, 4) is 0 Å². The number of benzene rings is 1. The highest BCUT2D eigenvalue weighted by Crippen LogP contribution is 2.38. The molecule has 1 atom stereocenters. The molecular weight excluding hydrogens is 220 g/mol. The fourth-order valence-electron chi connectivity index (χ4n) is 2.48. The van der Waals surface area contributed by atoms with Gasteiger partial charge in [0.25, 0.3) is 0 Å². The Hall–Kier alpha value is -0.820. The number of aryl methyl sites for hydroxylation is 1. The van der Waals surface area contributed by atoms with E-state index in [-0.39, 0.29) is 5.41 Å². The number of rotatable bonds is 2. The zero-order chi connectivity index (χ0) is 11.8. The minimum Gasteiger partial charge on any atom is -0.303 e. The lowest BCUT2D eigenvalue weighted by Gasteiger charge is -2.34. The maximum absolute atomic E-state index is 11.1. The van der Waals surface area contributed by atoms with Crippen LogP contribution in [-0.4, -0.2) is 6.29 Å². The normalized spacial score (nSPS) is 20.3. The molecule has 1 aromatic carbocycles. The second kappa shape index (κ2) is 4.21. The molecule has 0 fully saturated rings. The van der Waals surface area contributed by atoms with E-state index in [0.717, 1.165) is 30.6 Å². The van der Waals surface area contributed by atoms with Crippen molar-refractivity contribution in [2.45, 2.75) is 33.1 Å². The van der Waals surface area contributed by atoms with Crippen LogP contribution in [0.2, 0.25) is 5.02 Å². The van der Waals surface area contributed by atoms with Gasteiger partial charge in [0.2, 0.25) is 0 Å². The first-order valence-corrected chi connectivity index (χ1v) is 6.15. The predicted molar refractivity (Wildman–Crippen MR) is 66.8 cm³/mol. The van der Waals surface area contributed by atoms with Crippen LogP contribution in [0.15, 0.2) is 18.2 Å². The van der Waals surface area contributed by atoms with E-state index in [4.69, 9.17) is 11.6 Å². The zero-order valence-corrected chi connectivity index (χ0v) is 10.6. The molecule has 0 N–H and O–H groups in total. The third kappa shape index (κ3) is 2.01. The van der Waals surface area contributed by atoms with Gasteiger partial charge in [-0.2, -0.15) is 0 Å². The number of hydrogen-bond acceptors (Lipinski definition) is 1. The molecule has 86 valence electrons. The van der Waals surface area contributed by atoms with Crippen LogP contribution >= 0.6 is 11.6 Å². The van der Waals surface area contributed by atoms with E-state index in [1.54, 1.807) is 0 Å². The largest absolute Gasteiger partial charge is 0.303 e. The lowest BCUT2D eigenvalue weighted by atomic mass is 9.70. The SMILES string of the molecule is CC(C)(C=O)C1CCc2cccc(Cl)c2C1. The van der Waals surface area contributed by atoms with Gasteiger partial charge in [-0.15, -0.1) is 0 Å². The van der Waals surface area contributed by atoms with E-state index in [1.165, 1.54) is 11.1 Å². The van der Waals surface area contributed by atoms with Gasteiger partial charge in [-0.3, -0.25) is 0 Å². The number of carbonyl (C=O) groups is 1. The van der Waals surface area contributed by atoms with E-state index in [9.17, 15) is 4.79 Å². The summed E-state index contributed by atoms with van der Waals surface area (Å²) in [7, 11) is 0. The zero-order valence-electron chi connectivity index (χ0n) is 9.79. The number of carbonyl (C=O) groups excluding carboxylic acids is 1. The quantitative estimate of drug-likeness (QED) is 0.716. The molecule has 1 aliphatic rings. The van der Waals surface area contributed by atoms with Crippen molar-refractivity contribution in [1.29, 1.82) is 0 Å². The average Bonchev–Trinajstić information content (AvgIpc) is 2.29. The Labute approximate surface area is 102 Å².